The van der Waals surface area contributed by atoms with Crippen molar-refractivity contribution in [2.75, 3.05) is 0 Å². The van der Waals surface area contributed by atoms with E-state index in [-0.39, 0.29) is 11.7 Å². The normalized spacial score (nSPS) is 15.3. The summed E-state index contributed by atoms with van der Waals surface area (Å²) in [4.78, 5) is 24.3. The Morgan fingerprint density at radius 2 is 2.17 bits per heavy atom. The molecule has 0 spiro atoms. The third kappa shape index (κ3) is 2.90. The lowest BCUT2D eigenvalue weighted by atomic mass is 9.93. The van der Waals surface area contributed by atoms with E-state index in [4.69, 9.17) is 10.3 Å². The number of hydrazone groups is 1. The van der Waals surface area contributed by atoms with Crippen LogP contribution in [0.5, 0.6) is 0 Å². The monoisotopic (exact) mass is 332 g/mol. The van der Waals surface area contributed by atoms with Crippen molar-refractivity contribution in [1.82, 2.24) is 10.9 Å². The molecule has 0 radical (unpaired) electrons. The van der Waals surface area contributed by atoms with E-state index < -0.39 is 5.91 Å². The SMILES string of the molecule is Cc1c(C(=O)NN)oc2c1/C(=N/NC(=O)c1cccs1)CCC2. The molecule has 0 aromatic carbocycles. The third-order valence-corrected chi connectivity index (χ3v) is 4.57. The van der Waals surface area contributed by atoms with Gasteiger partial charge < -0.3 is 4.42 Å². The number of rotatable bonds is 3. The maximum Gasteiger partial charge on any atom is 0.301 e. The number of fused-ring (bicyclic) bond motifs is 1. The summed E-state index contributed by atoms with van der Waals surface area (Å²) in [6, 6.07) is 3.54. The number of carbonyl (C=O) groups excluding carboxylic acids is 2. The quantitative estimate of drug-likeness (QED) is 0.451. The van der Waals surface area contributed by atoms with Gasteiger partial charge in [-0.2, -0.15) is 5.10 Å². The number of nitrogens with zero attached hydrogens (tertiary/aromatic N) is 1. The number of furan rings is 1. The molecule has 23 heavy (non-hydrogen) atoms. The fourth-order valence-corrected chi connectivity index (χ4v) is 3.26. The van der Waals surface area contributed by atoms with Gasteiger partial charge in [-0.25, -0.2) is 11.3 Å². The van der Waals surface area contributed by atoms with E-state index in [2.05, 4.69) is 16.0 Å². The van der Waals surface area contributed by atoms with Crippen LogP contribution in [0.1, 0.15) is 50.0 Å². The molecule has 2 heterocycles. The number of hydrogen-bond donors (Lipinski definition) is 3. The highest BCUT2D eigenvalue weighted by molar-refractivity contribution is 7.12. The molecule has 1 aliphatic carbocycles. The zero-order chi connectivity index (χ0) is 16.4. The van der Waals surface area contributed by atoms with Crippen molar-refractivity contribution < 1.29 is 14.0 Å². The van der Waals surface area contributed by atoms with Gasteiger partial charge in [-0.3, -0.25) is 15.0 Å². The standard InChI is InChI=1S/C15H16N4O3S/c1-8-12-9(18-19-14(20)11-6-3-7-23-11)4-2-5-10(12)22-13(8)15(21)17-16/h3,6-7H,2,4-5,16H2,1H3,(H,17,21)(H,19,20)/b18-9+. The van der Waals surface area contributed by atoms with Crippen molar-refractivity contribution in [3.05, 3.63) is 45.0 Å². The van der Waals surface area contributed by atoms with Crippen LogP contribution in [0.2, 0.25) is 0 Å². The molecule has 0 atom stereocenters. The maximum absolute atomic E-state index is 12.0. The van der Waals surface area contributed by atoms with Crippen LogP contribution in [0.25, 0.3) is 0 Å². The smallest absolute Gasteiger partial charge is 0.301 e. The van der Waals surface area contributed by atoms with Crippen molar-refractivity contribution in [2.24, 2.45) is 10.9 Å². The van der Waals surface area contributed by atoms with Gasteiger partial charge in [0.25, 0.3) is 5.91 Å². The first kappa shape index (κ1) is 15.4. The van der Waals surface area contributed by atoms with Crippen molar-refractivity contribution in [2.45, 2.75) is 26.2 Å². The summed E-state index contributed by atoms with van der Waals surface area (Å²) in [5, 5.41) is 6.07. The second kappa shape index (κ2) is 6.35. The largest absolute Gasteiger partial charge is 0.455 e. The highest BCUT2D eigenvalue weighted by atomic mass is 32.1. The lowest BCUT2D eigenvalue weighted by Crippen LogP contribution is -2.30. The lowest BCUT2D eigenvalue weighted by Gasteiger charge is -2.13. The van der Waals surface area contributed by atoms with Crippen LogP contribution in [0.3, 0.4) is 0 Å². The molecule has 1 aliphatic rings. The number of nitrogens with two attached hydrogens (primary N) is 1. The van der Waals surface area contributed by atoms with E-state index >= 15 is 0 Å². The fraction of sp³-hybridized carbons (Fsp3) is 0.267. The number of thiophene rings is 1. The molecule has 0 fully saturated rings. The number of amides is 2. The zero-order valence-corrected chi connectivity index (χ0v) is 13.3. The van der Waals surface area contributed by atoms with Crippen molar-refractivity contribution in [3.63, 3.8) is 0 Å². The topological polar surface area (TPSA) is 110 Å². The molecule has 2 aromatic heterocycles. The maximum atomic E-state index is 12.0. The summed E-state index contributed by atoms with van der Waals surface area (Å²) >= 11 is 1.35. The summed E-state index contributed by atoms with van der Waals surface area (Å²) in [5.41, 5.74) is 6.84. The zero-order valence-electron chi connectivity index (χ0n) is 12.5. The molecule has 7 nitrogen and oxygen atoms in total. The first-order valence-corrected chi connectivity index (χ1v) is 8.03. The van der Waals surface area contributed by atoms with Gasteiger partial charge >= 0.3 is 5.91 Å². The number of carbonyl (C=O) groups is 2. The molecule has 0 bridgehead atoms. The Bertz CT molecular complexity index is 777. The number of nitrogens with one attached hydrogen (secondary N) is 2. The molecule has 4 N–H and O–H groups in total. The number of hydrazine groups is 1. The van der Waals surface area contributed by atoms with Gasteiger partial charge in [0.15, 0.2) is 5.76 Å². The average molecular weight is 332 g/mol. The second-order valence-corrected chi connectivity index (χ2v) is 6.11. The minimum absolute atomic E-state index is 0.191. The average Bonchev–Trinajstić information content (AvgIpc) is 3.20. The van der Waals surface area contributed by atoms with Crippen molar-refractivity contribution in [3.8, 4) is 0 Å². The lowest BCUT2D eigenvalue weighted by molar-refractivity contribution is 0.0922. The summed E-state index contributed by atoms with van der Waals surface area (Å²) in [7, 11) is 0. The predicted molar refractivity (Wildman–Crippen MR) is 86.4 cm³/mol. The van der Waals surface area contributed by atoms with Gasteiger partial charge in [0, 0.05) is 17.5 Å². The second-order valence-electron chi connectivity index (χ2n) is 5.16. The molecular weight excluding hydrogens is 316 g/mol. The molecule has 120 valence electrons. The van der Waals surface area contributed by atoms with Crippen LogP contribution in [0, 0.1) is 6.92 Å². The van der Waals surface area contributed by atoms with Gasteiger partial charge in [0.2, 0.25) is 0 Å². The minimum atomic E-state index is -0.473. The predicted octanol–water partition coefficient (Wildman–Crippen LogP) is 1.72. The van der Waals surface area contributed by atoms with Crippen LogP contribution < -0.4 is 16.7 Å². The van der Waals surface area contributed by atoms with Gasteiger partial charge in [-0.05, 0) is 31.2 Å². The van der Waals surface area contributed by atoms with E-state index in [1.807, 2.05) is 11.4 Å². The minimum Gasteiger partial charge on any atom is -0.455 e. The highest BCUT2D eigenvalue weighted by Crippen LogP contribution is 2.29. The van der Waals surface area contributed by atoms with Crippen LogP contribution in [-0.2, 0) is 6.42 Å². The van der Waals surface area contributed by atoms with E-state index in [1.165, 1.54) is 11.3 Å². The fourth-order valence-electron chi connectivity index (χ4n) is 2.64. The van der Waals surface area contributed by atoms with Crippen LogP contribution >= 0.6 is 11.3 Å². The molecule has 2 amide bonds. The van der Waals surface area contributed by atoms with Crippen LogP contribution in [-0.4, -0.2) is 17.5 Å². The molecule has 3 rings (SSSR count). The summed E-state index contributed by atoms with van der Waals surface area (Å²) < 4.78 is 5.62. The third-order valence-electron chi connectivity index (χ3n) is 3.70. The van der Waals surface area contributed by atoms with Crippen molar-refractivity contribution in [1.29, 1.82) is 0 Å². The van der Waals surface area contributed by atoms with E-state index in [0.717, 1.165) is 18.4 Å². The van der Waals surface area contributed by atoms with E-state index in [0.29, 0.717) is 28.3 Å². The van der Waals surface area contributed by atoms with Crippen LogP contribution in [0.15, 0.2) is 27.0 Å². The summed E-state index contributed by atoms with van der Waals surface area (Å²) in [6.45, 7) is 1.79. The Balaban J connectivity index is 1.89. The van der Waals surface area contributed by atoms with E-state index in [1.54, 1.807) is 13.0 Å². The van der Waals surface area contributed by atoms with Gasteiger partial charge in [0.1, 0.15) is 5.76 Å². The first-order valence-electron chi connectivity index (χ1n) is 7.15. The Hall–Kier alpha value is -2.45. The summed E-state index contributed by atoms with van der Waals surface area (Å²) in [5.74, 6) is 5.35. The van der Waals surface area contributed by atoms with Gasteiger partial charge in [0.05, 0.1) is 10.6 Å². The van der Waals surface area contributed by atoms with Gasteiger partial charge in [-0.15, -0.1) is 11.3 Å². The van der Waals surface area contributed by atoms with Crippen LogP contribution in [0.4, 0.5) is 0 Å². The van der Waals surface area contributed by atoms with Crippen molar-refractivity contribution >= 4 is 28.9 Å². The number of nitrogen functional groups attached to an aromatic ring is 1. The Morgan fingerprint density at radius 1 is 1.35 bits per heavy atom. The Labute approximate surface area is 136 Å². The molecule has 0 saturated heterocycles. The molecule has 0 aliphatic heterocycles. The highest BCUT2D eigenvalue weighted by Gasteiger charge is 2.27. The number of aryl methyl sites for hydroxylation is 1. The molecule has 0 saturated carbocycles. The Morgan fingerprint density at radius 3 is 2.87 bits per heavy atom. The molecule has 2 aromatic rings. The Kier molecular flexibility index (Phi) is 4.26. The molecule has 8 heteroatoms. The van der Waals surface area contributed by atoms with E-state index in [9.17, 15) is 9.59 Å². The summed E-state index contributed by atoms with van der Waals surface area (Å²) in [6.07, 6.45) is 2.28. The molecule has 0 unspecified atom stereocenters. The molecular formula is C15H16N4O3S. The van der Waals surface area contributed by atoms with Gasteiger partial charge in [-0.1, -0.05) is 6.07 Å². The number of hydrogen-bond acceptors (Lipinski definition) is 6. The first-order chi connectivity index (χ1) is 11.1.